The molecule has 0 spiro atoms. The molecule has 1 aliphatic rings. The molecule has 0 aromatic heterocycles. The highest BCUT2D eigenvalue weighted by atomic mass is 31.2. The Kier molecular flexibility index (Phi) is 31.1. The second kappa shape index (κ2) is 32.7. The number of phosphoric ester groups is 1. The van der Waals surface area contributed by atoms with Crippen LogP contribution < -0.4 is 4.89 Å². The van der Waals surface area contributed by atoms with E-state index in [1.807, 2.05) is 35.0 Å². The lowest BCUT2D eigenvalue weighted by Gasteiger charge is -2.48. The van der Waals surface area contributed by atoms with E-state index in [4.69, 9.17) is 23.3 Å². The Labute approximate surface area is 362 Å². The Bertz CT molecular complexity index is 1060. The maximum Gasteiger partial charge on any atom is 0.377 e. The van der Waals surface area contributed by atoms with Gasteiger partial charge in [0.25, 0.3) is 0 Å². The lowest BCUT2D eigenvalue weighted by Crippen LogP contribution is -2.48. The highest BCUT2D eigenvalue weighted by Crippen LogP contribution is 2.47. The number of likely N-dealkylation sites (N-methyl/N-ethyl adjacent to an activating group) is 1. The van der Waals surface area contributed by atoms with Gasteiger partial charge in [0, 0.05) is 18.4 Å². The SMILES string of the molecule is CCCCCCCCCCCCCCCC(=O)OCC(CO[P+]([O-])(O)OCC[N+](C)(C)C)OC(=O)CCCCCCCCCCCCC1(CCCC)OCC(C)(C)N1[O-]. The van der Waals surface area contributed by atoms with E-state index in [-0.39, 0.29) is 32.0 Å². The zero-order chi connectivity index (χ0) is 43.9. The first-order valence-corrected chi connectivity index (χ1v) is 25.4. The molecule has 0 amide bonds. The molecule has 1 aliphatic heterocycles. The van der Waals surface area contributed by atoms with Crippen LogP contribution in [0.5, 0.6) is 0 Å². The van der Waals surface area contributed by atoms with Crippen molar-refractivity contribution < 1.29 is 47.1 Å². The Balaban J connectivity index is 2.31. The van der Waals surface area contributed by atoms with Crippen molar-refractivity contribution in [1.82, 2.24) is 5.06 Å². The summed E-state index contributed by atoms with van der Waals surface area (Å²) in [6, 6.07) is 0. The van der Waals surface area contributed by atoms with Crippen LogP contribution in [-0.2, 0) is 32.8 Å². The van der Waals surface area contributed by atoms with Crippen LogP contribution in [0.25, 0.3) is 0 Å². The first-order chi connectivity index (χ1) is 28.1. The molecule has 59 heavy (non-hydrogen) atoms. The van der Waals surface area contributed by atoms with Crippen LogP contribution in [0, 0.1) is 5.21 Å². The van der Waals surface area contributed by atoms with E-state index < -0.39 is 38.1 Å². The van der Waals surface area contributed by atoms with E-state index in [1.165, 1.54) is 82.1 Å². The molecule has 3 atom stereocenters. The number of phosphoric acid groups is 1. The summed E-state index contributed by atoms with van der Waals surface area (Å²) >= 11 is 0. The largest absolute Gasteiger partial charge is 0.783 e. The topological polar surface area (TPSA) is 150 Å². The maximum atomic E-state index is 13.0. The minimum Gasteiger partial charge on any atom is -0.783 e. The third-order valence-electron chi connectivity index (χ3n) is 11.4. The summed E-state index contributed by atoms with van der Waals surface area (Å²) in [5, 5.41) is 14.3. The van der Waals surface area contributed by atoms with Gasteiger partial charge in [0.2, 0.25) is 0 Å². The number of rotatable bonds is 40. The quantitative estimate of drug-likeness (QED) is 0.0271. The van der Waals surface area contributed by atoms with E-state index in [0.29, 0.717) is 24.1 Å². The van der Waals surface area contributed by atoms with Crippen molar-refractivity contribution in [3.63, 3.8) is 0 Å². The molecule has 1 N–H and O–H groups in total. The summed E-state index contributed by atoms with van der Waals surface area (Å²) < 4.78 is 28.0. The van der Waals surface area contributed by atoms with Gasteiger partial charge in [-0.25, -0.2) is 0 Å². The number of hydrogen-bond donors (Lipinski definition) is 1. The first-order valence-electron chi connectivity index (χ1n) is 23.9. The van der Waals surface area contributed by atoms with Gasteiger partial charge in [-0.3, -0.25) is 9.59 Å². The van der Waals surface area contributed by atoms with Crippen molar-refractivity contribution >= 4 is 20.1 Å². The van der Waals surface area contributed by atoms with Crippen molar-refractivity contribution in [3.8, 4) is 0 Å². The average Bonchev–Trinajstić information content (AvgIpc) is 3.40. The lowest BCUT2D eigenvalue weighted by atomic mass is 9.95. The molecule has 1 fully saturated rings. The molecule has 0 saturated carbocycles. The number of esters is 2. The number of carbonyl (C=O) groups excluding carboxylic acids is 2. The number of unbranched alkanes of at least 4 members (excludes halogenated alkanes) is 22. The van der Waals surface area contributed by atoms with Crippen LogP contribution in [0.1, 0.15) is 214 Å². The van der Waals surface area contributed by atoms with Gasteiger partial charge in [0.05, 0.1) is 27.7 Å². The highest BCUT2D eigenvalue weighted by molar-refractivity contribution is 7.52. The second-order valence-corrected chi connectivity index (χ2v) is 20.3. The predicted molar refractivity (Wildman–Crippen MR) is 238 cm³/mol. The molecule has 350 valence electrons. The molecule has 0 radical (unpaired) electrons. The van der Waals surface area contributed by atoms with E-state index >= 15 is 0 Å². The summed E-state index contributed by atoms with van der Waals surface area (Å²) in [7, 11) is 1.44. The van der Waals surface area contributed by atoms with Crippen LogP contribution in [-0.4, -0.2) is 97.9 Å². The van der Waals surface area contributed by atoms with Gasteiger partial charge in [0.15, 0.2) is 6.10 Å². The number of hydroxylamine groups is 2. The van der Waals surface area contributed by atoms with E-state index in [1.54, 1.807) is 0 Å². The third-order valence-corrected chi connectivity index (χ3v) is 12.4. The fourth-order valence-corrected chi connectivity index (χ4v) is 8.28. The highest BCUT2D eigenvalue weighted by Gasteiger charge is 2.45. The van der Waals surface area contributed by atoms with Gasteiger partial charge < -0.3 is 33.9 Å². The summed E-state index contributed by atoms with van der Waals surface area (Å²) in [6.07, 6.45) is 29.5. The molecule has 13 heteroatoms. The molecular formula is C46H91N2O10P. The maximum absolute atomic E-state index is 13.0. The van der Waals surface area contributed by atoms with Crippen LogP contribution >= 0.6 is 8.17 Å². The third kappa shape index (κ3) is 29.1. The van der Waals surface area contributed by atoms with Crippen LogP contribution in [0.4, 0.5) is 0 Å². The minimum absolute atomic E-state index is 0.0205. The summed E-state index contributed by atoms with van der Waals surface area (Å²) in [6.45, 7) is 8.70. The minimum atomic E-state index is -4.39. The van der Waals surface area contributed by atoms with Crippen molar-refractivity contribution in [2.45, 2.75) is 231 Å². The molecular weight excluding hydrogens is 771 g/mol. The van der Waals surface area contributed by atoms with Crippen molar-refractivity contribution in [2.75, 3.05) is 54.1 Å². The molecule has 1 heterocycles. The van der Waals surface area contributed by atoms with Gasteiger partial charge >= 0.3 is 20.1 Å². The van der Waals surface area contributed by atoms with Crippen LogP contribution in [0.3, 0.4) is 0 Å². The number of hydrogen-bond acceptors (Lipinski definition) is 11. The molecule has 1 saturated heterocycles. The van der Waals surface area contributed by atoms with Crippen LogP contribution in [0.2, 0.25) is 0 Å². The van der Waals surface area contributed by atoms with Gasteiger partial charge in [-0.2, -0.15) is 13.9 Å². The second-order valence-electron chi connectivity index (χ2n) is 18.9. The lowest BCUT2D eigenvalue weighted by molar-refractivity contribution is -0.870. The molecule has 0 aromatic carbocycles. The van der Waals surface area contributed by atoms with Gasteiger partial charge in [-0.15, -0.1) is 0 Å². The van der Waals surface area contributed by atoms with Crippen LogP contribution in [0.15, 0.2) is 0 Å². The number of ether oxygens (including phenoxy) is 3. The fraction of sp³-hybridized carbons (Fsp3) is 0.957. The zero-order valence-electron chi connectivity index (χ0n) is 39.1. The molecule has 3 unspecified atom stereocenters. The standard InChI is InChI=1S/C46H91N2O10P/c1-8-10-12-13-14-15-16-17-18-21-24-27-30-33-43(49)54-39-42(40-57-59(52,53)56-38-37-48(5,6)7)58-44(50)34-31-28-25-22-19-20-23-26-29-32-36-46(35-11-9-2)47(51)45(3,4)41-55-46/h42H,8-41H2,1-7H3,(H,52,53). The predicted octanol–water partition coefficient (Wildman–Crippen LogP) is 10.9. The average molecular weight is 863 g/mol. The van der Waals surface area contributed by atoms with E-state index in [0.717, 1.165) is 89.9 Å². The summed E-state index contributed by atoms with van der Waals surface area (Å²) in [4.78, 5) is 48.0. The van der Waals surface area contributed by atoms with Gasteiger partial charge in [-0.1, -0.05) is 149 Å². The number of quaternary nitrogens is 1. The van der Waals surface area contributed by atoms with Gasteiger partial charge in [0.1, 0.15) is 32.1 Å². The van der Waals surface area contributed by atoms with Gasteiger partial charge in [-0.05, 0) is 52.4 Å². The summed E-state index contributed by atoms with van der Waals surface area (Å²) in [5.74, 6) is -0.831. The van der Waals surface area contributed by atoms with Crippen molar-refractivity contribution in [2.24, 2.45) is 0 Å². The number of carbonyl (C=O) groups is 2. The van der Waals surface area contributed by atoms with Crippen molar-refractivity contribution in [3.05, 3.63) is 5.21 Å². The summed E-state index contributed by atoms with van der Waals surface area (Å²) in [5.41, 5.74) is -1.11. The fourth-order valence-electron chi connectivity index (χ4n) is 7.54. The van der Waals surface area contributed by atoms with E-state index in [9.17, 15) is 24.6 Å². The Morgan fingerprint density at radius 3 is 1.58 bits per heavy atom. The molecule has 1 rings (SSSR count). The monoisotopic (exact) mass is 863 g/mol. The smallest absolute Gasteiger partial charge is 0.377 e. The molecule has 0 aromatic rings. The Morgan fingerprint density at radius 1 is 0.678 bits per heavy atom. The Hall–Kier alpha value is -0.950. The number of nitrogens with zero attached hydrogens (tertiary/aromatic N) is 2. The zero-order valence-corrected chi connectivity index (χ0v) is 40.0. The molecule has 0 aliphatic carbocycles. The first kappa shape index (κ1) is 56.1. The van der Waals surface area contributed by atoms with Crippen molar-refractivity contribution in [1.29, 1.82) is 0 Å². The Morgan fingerprint density at radius 2 is 1.12 bits per heavy atom. The molecule has 12 nitrogen and oxygen atoms in total. The normalized spacial score (nSPS) is 18.5. The van der Waals surface area contributed by atoms with E-state index in [2.05, 4.69) is 13.8 Å². The molecule has 0 bridgehead atoms.